The molecule has 3 aliphatic rings. The van der Waals surface area contributed by atoms with Gasteiger partial charge in [0.25, 0.3) is 5.91 Å². The van der Waals surface area contributed by atoms with Gasteiger partial charge in [0.05, 0.1) is 24.6 Å². The SMILES string of the molecule is O=C(Nc1cccc(-c2ncon2)c1)NC1N=C(CN2CCOCC2)c2ccccc2N(CC(=O)N2CCCC2)C1=O. The van der Waals surface area contributed by atoms with Crippen molar-refractivity contribution in [1.82, 2.24) is 25.3 Å². The molecule has 13 nitrogen and oxygen atoms in total. The van der Waals surface area contributed by atoms with Gasteiger partial charge < -0.3 is 24.8 Å². The van der Waals surface area contributed by atoms with Crippen LogP contribution in [-0.4, -0.2) is 102 Å². The van der Waals surface area contributed by atoms with Gasteiger partial charge in [-0.2, -0.15) is 4.98 Å². The first-order chi connectivity index (χ1) is 20.5. The van der Waals surface area contributed by atoms with E-state index in [1.165, 1.54) is 11.3 Å². The van der Waals surface area contributed by atoms with Crippen LogP contribution < -0.4 is 15.5 Å². The van der Waals surface area contributed by atoms with Gasteiger partial charge in [-0.3, -0.25) is 24.4 Å². The zero-order valence-corrected chi connectivity index (χ0v) is 23.1. The minimum Gasteiger partial charge on any atom is -0.379 e. The normalized spacial score (nSPS) is 19.2. The van der Waals surface area contributed by atoms with Crippen LogP contribution in [0.1, 0.15) is 18.4 Å². The molecule has 3 aliphatic heterocycles. The van der Waals surface area contributed by atoms with Crippen molar-refractivity contribution in [1.29, 1.82) is 0 Å². The number of hydrogen-bond acceptors (Lipinski definition) is 9. The van der Waals surface area contributed by atoms with Gasteiger partial charge in [-0.05, 0) is 31.0 Å². The lowest BCUT2D eigenvalue weighted by Gasteiger charge is -2.28. The van der Waals surface area contributed by atoms with Gasteiger partial charge in [-0.25, -0.2) is 4.79 Å². The summed E-state index contributed by atoms with van der Waals surface area (Å²) >= 11 is 0. The number of ether oxygens (including phenoxy) is 1. The molecule has 2 aromatic carbocycles. The van der Waals surface area contributed by atoms with Crippen LogP contribution in [0.5, 0.6) is 0 Å². The molecule has 2 fully saturated rings. The fraction of sp³-hybridized carbons (Fsp3) is 0.379. The van der Waals surface area contributed by atoms with E-state index in [4.69, 9.17) is 14.3 Å². The van der Waals surface area contributed by atoms with Crippen molar-refractivity contribution in [3.05, 3.63) is 60.5 Å². The maximum atomic E-state index is 14.0. The third-order valence-corrected chi connectivity index (χ3v) is 7.53. The molecule has 0 aliphatic carbocycles. The fourth-order valence-corrected chi connectivity index (χ4v) is 5.38. The van der Waals surface area contributed by atoms with Gasteiger partial charge in [0.15, 0.2) is 0 Å². The summed E-state index contributed by atoms with van der Waals surface area (Å²) in [5.41, 5.74) is 3.13. The summed E-state index contributed by atoms with van der Waals surface area (Å²) in [6.07, 6.45) is 1.87. The third-order valence-electron chi connectivity index (χ3n) is 7.53. The zero-order valence-electron chi connectivity index (χ0n) is 23.1. The van der Waals surface area contributed by atoms with Crippen molar-refractivity contribution in [2.75, 3.05) is 62.7 Å². The molecule has 1 aromatic heterocycles. The van der Waals surface area contributed by atoms with E-state index in [0.717, 1.165) is 31.5 Å². The Kier molecular flexibility index (Phi) is 8.19. The summed E-state index contributed by atoms with van der Waals surface area (Å²) in [7, 11) is 0. The molecule has 1 unspecified atom stereocenters. The number of nitrogens with one attached hydrogen (secondary N) is 2. The standard InChI is InChI=1S/C29H32N8O5/c38-25(36-10-3-4-11-36)18-37-24-9-2-1-8-22(24)23(17-35-12-14-41-15-13-35)32-27(28(37)39)33-29(40)31-21-7-5-6-20(16-21)26-30-19-42-34-26/h1-2,5-9,16,19,27H,3-4,10-15,17-18H2,(H2,31,33,40). The van der Waals surface area contributed by atoms with E-state index in [-0.39, 0.29) is 12.5 Å². The first kappa shape index (κ1) is 27.5. The first-order valence-electron chi connectivity index (χ1n) is 14.0. The van der Waals surface area contributed by atoms with Crippen LogP contribution in [0, 0.1) is 0 Å². The monoisotopic (exact) mass is 572 g/mol. The predicted molar refractivity (Wildman–Crippen MR) is 154 cm³/mol. The largest absolute Gasteiger partial charge is 0.379 e. The Morgan fingerprint density at radius 1 is 1.00 bits per heavy atom. The van der Waals surface area contributed by atoms with Crippen LogP contribution >= 0.6 is 0 Å². The van der Waals surface area contributed by atoms with E-state index in [0.29, 0.717) is 61.3 Å². The molecule has 3 aromatic rings. The molecule has 4 amide bonds. The Balaban J connectivity index is 1.28. The Morgan fingerprint density at radius 3 is 2.60 bits per heavy atom. The molecule has 1 atom stereocenters. The molecule has 0 radical (unpaired) electrons. The number of benzodiazepines with no additional fused rings is 1. The van der Waals surface area contributed by atoms with E-state index in [2.05, 4.69) is 25.7 Å². The predicted octanol–water partition coefficient (Wildman–Crippen LogP) is 1.97. The molecule has 218 valence electrons. The Bertz CT molecular complexity index is 1460. The maximum absolute atomic E-state index is 14.0. The molecule has 0 saturated carbocycles. The summed E-state index contributed by atoms with van der Waals surface area (Å²) in [5.74, 6) is -0.233. The highest BCUT2D eigenvalue weighted by Crippen LogP contribution is 2.27. The Hall–Kier alpha value is -4.62. The molecule has 0 bridgehead atoms. The number of anilines is 2. The average Bonchev–Trinajstić information content (AvgIpc) is 3.74. The Morgan fingerprint density at radius 2 is 1.81 bits per heavy atom. The fourth-order valence-electron chi connectivity index (χ4n) is 5.38. The van der Waals surface area contributed by atoms with E-state index < -0.39 is 18.1 Å². The molecular weight excluding hydrogens is 540 g/mol. The van der Waals surface area contributed by atoms with Crippen LogP contribution in [0.4, 0.5) is 16.2 Å². The number of fused-ring (bicyclic) bond motifs is 1. The quantitative estimate of drug-likeness (QED) is 0.437. The zero-order chi connectivity index (χ0) is 28.9. The molecule has 2 N–H and O–H groups in total. The van der Waals surface area contributed by atoms with Gasteiger partial charge in [0.2, 0.25) is 24.3 Å². The van der Waals surface area contributed by atoms with Gasteiger partial charge in [-0.15, -0.1) is 0 Å². The number of likely N-dealkylation sites (tertiary alicyclic amines) is 1. The minimum absolute atomic E-state index is 0.131. The van der Waals surface area contributed by atoms with Gasteiger partial charge >= 0.3 is 6.03 Å². The van der Waals surface area contributed by atoms with Crippen molar-refractivity contribution in [3.63, 3.8) is 0 Å². The molecular formula is C29H32N8O5. The maximum Gasteiger partial charge on any atom is 0.321 e. The smallest absolute Gasteiger partial charge is 0.321 e. The molecule has 0 spiro atoms. The number of carbonyl (C=O) groups is 3. The van der Waals surface area contributed by atoms with Gasteiger partial charge in [0, 0.05) is 49.5 Å². The lowest BCUT2D eigenvalue weighted by Crippen LogP contribution is -2.51. The highest BCUT2D eigenvalue weighted by molar-refractivity contribution is 6.15. The Labute approximate surface area is 242 Å². The highest BCUT2D eigenvalue weighted by Gasteiger charge is 2.35. The first-order valence-corrected chi connectivity index (χ1v) is 14.0. The van der Waals surface area contributed by atoms with Crippen molar-refractivity contribution < 1.29 is 23.6 Å². The number of nitrogens with zero attached hydrogens (tertiary/aromatic N) is 6. The molecule has 13 heteroatoms. The second-order valence-corrected chi connectivity index (χ2v) is 10.3. The number of aliphatic imine (C=N–C) groups is 1. The van der Waals surface area contributed by atoms with Crippen LogP contribution in [-0.2, 0) is 14.3 Å². The highest BCUT2D eigenvalue weighted by atomic mass is 16.5. The number of carbonyl (C=O) groups excluding carboxylic acids is 3. The topological polar surface area (TPSA) is 146 Å². The number of aromatic nitrogens is 2. The van der Waals surface area contributed by atoms with Crippen LogP contribution in [0.25, 0.3) is 11.4 Å². The second-order valence-electron chi connectivity index (χ2n) is 10.3. The van der Waals surface area contributed by atoms with Crippen LogP contribution in [0.3, 0.4) is 0 Å². The number of benzene rings is 2. The summed E-state index contributed by atoms with van der Waals surface area (Å²) in [6.45, 7) is 4.34. The number of amides is 4. The van der Waals surface area contributed by atoms with Gasteiger partial charge in [0.1, 0.15) is 6.54 Å². The van der Waals surface area contributed by atoms with Crippen LogP contribution in [0.2, 0.25) is 0 Å². The molecule has 42 heavy (non-hydrogen) atoms. The second kappa shape index (κ2) is 12.5. The van der Waals surface area contributed by atoms with E-state index >= 15 is 0 Å². The number of urea groups is 1. The summed E-state index contributed by atoms with van der Waals surface area (Å²) in [6, 6.07) is 13.8. The molecule has 2 saturated heterocycles. The summed E-state index contributed by atoms with van der Waals surface area (Å²) in [4.78, 5) is 54.8. The van der Waals surface area contributed by atoms with E-state index in [9.17, 15) is 14.4 Å². The molecule has 4 heterocycles. The lowest BCUT2D eigenvalue weighted by molar-refractivity contribution is -0.130. The van der Waals surface area contributed by atoms with Gasteiger partial charge in [-0.1, -0.05) is 35.5 Å². The average molecular weight is 573 g/mol. The third kappa shape index (κ3) is 6.16. The number of morpholine rings is 1. The van der Waals surface area contributed by atoms with Crippen molar-refractivity contribution >= 4 is 34.9 Å². The summed E-state index contributed by atoms with van der Waals surface area (Å²) in [5, 5.41) is 9.34. The van der Waals surface area contributed by atoms with E-state index in [1.807, 2.05) is 24.3 Å². The van der Waals surface area contributed by atoms with Crippen molar-refractivity contribution in [2.45, 2.75) is 19.0 Å². The summed E-state index contributed by atoms with van der Waals surface area (Å²) < 4.78 is 10.3. The number of para-hydroxylation sites is 1. The number of rotatable bonds is 7. The van der Waals surface area contributed by atoms with Crippen molar-refractivity contribution in [3.8, 4) is 11.4 Å². The van der Waals surface area contributed by atoms with E-state index in [1.54, 1.807) is 29.2 Å². The van der Waals surface area contributed by atoms with Crippen molar-refractivity contribution in [2.24, 2.45) is 4.99 Å². The van der Waals surface area contributed by atoms with Crippen LogP contribution in [0.15, 0.2) is 64.4 Å². The number of hydrogen-bond donors (Lipinski definition) is 2. The molecule has 6 rings (SSSR count). The lowest BCUT2D eigenvalue weighted by atomic mass is 10.1. The minimum atomic E-state index is -1.25.